The zero-order valence-electron chi connectivity index (χ0n) is 17.4. The summed E-state index contributed by atoms with van der Waals surface area (Å²) in [6.45, 7) is 1.49. The summed E-state index contributed by atoms with van der Waals surface area (Å²) in [5, 5.41) is 0. The van der Waals surface area contributed by atoms with Crippen molar-refractivity contribution in [3.8, 4) is 0 Å². The predicted octanol–water partition coefficient (Wildman–Crippen LogP) is 2.23. The first-order valence-electron chi connectivity index (χ1n) is 10.7. The largest absolute Gasteiger partial charge is 0.340 e. The molecule has 0 bridgehead atoms. The minimum Gasteiger partial charge on any atom is -0.340 e. The van der Waals surface area contributed by atoms with Crippen molar-refractivity contribution in [3.63, 3.8) is 0 Å². The van der Waals surface area contributed by atoms with Crippen molar-refractivity contribution < 1.29 is 18.8 Å². The molecule has 2 aromatic carbocycles. The monoisotopic (exact) mass is 423 g/mol. The first-order valence-corrected chi connectivity index (χ1v) is 10.7. The minimum absolute atomic E-state index is 0.00149. The molecule has 0 aliphatic carbocycles. The van der Waals surface area contributed by atoms with Gasteiger partial charge in [0, 0.05) is 26.1 Å². The second kappa shape index (κ2) is 9.29. The molecule has 4 rings (SSSR count). The Morgan fingerprint density at radius 2 is 1.71 bits per heavy atom. The van der Waals surface area contributed by atoms with Crippen LogP contribution in [0.2, 0.25) is 0 Å². The fourth-order valence-corrected chi connectivity index (χ4v) is 4.26. The summed E-state index contributed by atoms with van der Waals surface area (Å²) in [4.78, 5) is 43.6. The molecule has 2 aliphatic heterocycles. The summed E-state index contributed by atoms with van der Waals surface area (Å²) in [5.41, 5.74) is 1.86. The molecule has 3 amide bonds. The molecule has 2 aliphatic rings. The molecule has 162 valence electrons. The number of halogens is 1. The molecule has 6 nitrogen and oxygen atoms in total. The lowest BCUT2D eigenvalue weighted by atomic mass is 10.1. The molecule has 2 fully saturated rings. The van der Waals surface area contributed by atoms with Crippen molar-refractivity contribution in [3.05, 3.63) is 71.5 Å². The van der Waals surface area contributed by atoms with Gasteiger partial charge in [0.25, 0.3) is 0 Å². The fraction of sp³-hybridized carbons (Fsp3) is 0.375. The topological polar surface area (TPSA) is 60.9 Å². The van der Waals surface area contributed by atoms with Gasteiger partial charge < -0.3 is 14.7 Å². The average Bonchev–Trinajstić information content (AvgIpc) is 3.02. The molecule has 1 unspecified atom stereocenters. The maximum absolute atomic E-state index is 13.2. The number of amides is 3. The van der Waals surface area contributed by atoms with Crippen LogP contribution in [0.25, 0.3) is 0 Å². The molecule has 0 aromatic heterocycles. The second-order valence-electron chi connectivity index (χ2n) is 8.10. The van der Waals surface area contributed by atoms with Crippen LogP contribution in [0.1, 0.15) is 24.0 Å². The molecule has 2 aromatic rings. The van der Waals surface area contributed by atoms with Crippen LogP contribution in [0.4, 0.5) is 4.39 Å². The Morgan fingerprint density at radius 1 is 0.968 bits per heavy atom. The van der Waals surface area contributed by atoms with Gasteiger partial charge in [0.05, 0.1) is 6.54 Å². The third-order valence-corrected chi connectivity index (χ3v) is 5.95. The highest BCUT2D eigenvalue weighted by Gasteiger charge is 2.41. The summed E-state index contributed by atoms with van der Waals surface area (Å²) < 4.78 is 13.2. The third kappa shape index (κ3) is 4.93. The molecular formula is C24H26FN3O3. The van der Waals surface area contributed by atoms with E-state index in [-0.39, 0.29) is 43.2 Å². The van der Waals surface area contributed by atoms with Crippen LogP contribution in [-0.2, 0) is 27.3 Å². The van der Waals surface area contributed by atoms with Gasteiger partial charge in [-0.2, -0.15) is 0 Å². The smallest absolute Gasteiger partial charge is 0.247 e. The lowest BCUT2D eigenvalue weighted by Gasteiger charge is -2.40. The molecule has 2 heterocycles. The highest BCUT2D eigenvalue weighted by molar-refractivity contribution is 5.95. The number of carbonyl (C=O) groups is 3. The standard InChI is InChI=1S/C24H26FN3O3/c25-20-10-7-19(8-11-20)15-27-17-23(30)28-14-4-13-26(16-21(28)24(27)31)22(29)12-9-18-5-2-1-3-6-18/h1-3,5-8,10-11,21H,4,9,12-17H2. The number of aryl methyl sites for hydroxylation is 1. The number of piperazine rings is 1. The molecule has 0 N–H and O–H groups in total. The molecule has 31 heavy (non-hydrogen) atoms. The van der Waals surface area contributed by atoms with Gasteiger partial charge in [0.2, 0.25) is 17.7 Å². The van der Waals surface area contributed by atoms with Gasteiger partial charge in [-0.15, -0.1) is 0 Å². The van der Waals surface area contributed by atoms with Gasteiger partial charge in [-0.1, -0.05) is 42.5 Å². The normalized spacial score (nSPS) is 19.3. The van der Waals surface area contributed by atoms with Crippen LogP contribution in [0.15, 0.2) is 54.6 Å². The van der Waals surface area contributed by atoms with E-state index in [1.54, 1.807) is 21.9 Å². The summed E-state index contributed by atoms with van der Waals surface area (Å²) in [5.74, 6) is -0.608. The van der Waals surface area contributed by atoms with Crippen LogP contribution in [0.5, 0.6) is 0 Å². The summed E-state index contributed by atoms with van der Waals surface area (Å²) in [6, 6.07) is 15.1. The van der Waals surface area contributed by atoms with E-state index >= 15 is 0 Å². The lowest BCUT2D eigenvalue weighted by Crippen LogP contribution is -2.61. The van der Waals surface area contributed by atoms with Crippen molar-refractivity contribution >= 4 is 17.7 Å². The van der Waals surface area contributed by atoms with Crippen molar-refractivity contribution in [1.82, 2.24) is 14.7 Å². The molecule has 0 spiro atoms. The number of benzene rings is 2. The highest BCUT2D eigenvalue weighted by Crippen LogP contribution is 2.21. The SMILES string of the molecule is O=C(CCc1ccccc1)N1CCCN2C(=O)CN(Cc3ccc(F)cc3)C(=O)C2C1. The van der Waals surface area contributed by atoms with Crippen LogP contribution >= 0.6 is 0 Å². The van der Waals surface area contributed by atoms with Gasteiger partial charge in [-0.25, -0.2) is 4.39 Å². The van der Waals surface area contributed by atoms with Crippen molar-refractivity contribution in [2.24, 2.45) is 0 Å². The highest BCUT2D eigenvalue weighted by atomic mass is 19.1. The Balaban J connectivity index is 1.43. The maximum Gasteiger partial charge on any atom is 0.247 e. The van der Waals surface area contributed by atoms with Gasteiger partial charge in [-0.3, -0.25) is 14.4 Å². The van der Waals surface area contributed by atoms with E-state index in [0.29, 0.717) is 32.4 Å². The summed E-state index contributed by atoms with van der Waals surface area (Å²) in [7, 11) is 0. The molecule has 7 heteroatoms. The van der Waals surface area contributed by atoms with E-state index in [1.165, 1.54) is 17.0 Å². The number of fused-ring (bicyclic) bond motifs is 1. The van der Waals surface area contributed by atoms with Crippen molar-refractivity contribution in [2.75, 3.05) is 26.2 Å². The number of rotatable bonds is 5. The van der Waals surface area contributed by atoms with Crippen LogP contribution in [0.3, 0.4) is 0 Å². The average molecular weight is 423 g/mol. The Bertz CT molecular complexity index is 948. The maximum atomic E-state index is 13.2. The Hall–Kier alpha value is -3.22. The number of carbonyl (C=O) groups excluding carboxylic acids is 3. The second-order valence-corrected chi connectivity index (χ2v) is 8.10. The van der Waals surface area contributed by atoms with Crippen molar-refractivity contribution in [2.45, 2.75) is 31.8 Å². The Morgan fingerprint density at radius 3 is 2.45 bits per heavy atom. The Kier molecular flexibility index (Phi) is 6.30. The summed E-state index contributed by atoms with van der Waals surface area (Å²) in [6.07, 6.45) is 1.68. The van der Waals surface area contributed by atoms with Gasteiger partial charge >= 0.3 is 0 Å². The van der Waals surface area contributed by atoms with Crippen molar-refractivity contribution in [1.29, 1.82) is 0 Å². The molecule has 2 saturated heterocycles. The zero-order valence-corrected chi connectivity index (χ0v) is 17.4. The van der Waals surface area contributed by atoms with E-state index in [9.17, 15) is 18.8 Å². The zero-order chi connectivity index (χ0) is 21.8. The van der Waals surface area contributed by atoms with E-state index in [2.05, 4.69) is 0 Å². The van der Waals surface area contributed by atoms with E-state index in [1.807, 2.05) is 30.3 Å². The van der Waals surface area contributed by atoms with Crippen LogP contribution < -0.4 is 0 Å². The van der Waals surface area contributed by atoms with E-state index in [4.69, 9.17) is 0 Å². The molecule has 0 radical (unpaired) electrons. The molecular weight excluding hydrogens is 397 g/mol. The molecule has 0 saturated carbocycles. The van der Waals surface area contributed by atoms with E-state index in [0.717, 1.165) is 11.1 Å². The summed E-state index contributed by atoms with van der Waals surface area (Å²) >= 11 is 0. The Labute approximate surface area is 181 Å². The fourth-order valence-electron chi connectivity index (χ4n) is 4.26. The first-order chi connectivity index (χ1) is 15.0. The quantitative estimate of drug-likeness (QED) is 0.741. The number of hydrogen-bond donors (Lipinski definition) is 0. The van der Waals surface area contributed by atoms with Crippen LogP contribution in [-0.4, -0.2) is 64.6 Å². The lowest BCUT2D eigenvalue weighted by molar-refractivity contribution is -0.157. The van der Waals surface area contributed by atoms with E-state index < -0.39 is 6.04 Å². The number of hydrogen-bond acceptors (Lipinski definition) is 3. The van der Waals surface area contributed by atoms with Gasteiger partial charge in [0.1, 0.15) is 18.4 Å². The van der Waals surface area contributed by atoms with Crippen LogP contribution in [0, 0.1) is 5.82 Å². The predicted molar refractivity (Wildman–Crippen MR) is 113 cm³/mol. The molecule has 1 atom stereocenters. The third-order valence-electron chi connectivity index (χ3n) is 5.95. The van der Waals surface area contributed by atoms with Gasteiger partial charge in [0.15, 0.2) is 0 Å². The minimum atomic E-state index is -0.662. The first kappa shape index (κ1) is 21.0. The number of nitrogens with zero attached hydrogens (tertiary/aromatic N) is 3. The van der Waals surface area contributed by atoms with Gasteiger partial charge in [-0.05, 0) is 36.1 Å².